The minimum absolute atomic E-state index is 0.247. The lowest BCUT2D eigenvalue weighted by Gasteiger charge is -2.21. The number of rotatable bonds is 6. The first kappa shape index (κ1) is 14.3. The van der Waals surface area contributed by atoms with Crippen molar-refractivity contribution in [1.82, 2.24) is 4.98 Å². The molecule has 19 heavy (non-hydrogen) atoms. The number of nitrogens with zero attached hydrogens (tertiary/aromatic N) is 2. The molecule has 1 aromatic rings. The van der Waals surface area contributed by atoms with E-state index in [2.05, 4.69) is 43.8 Å². The second-order valence-electron chi connectivity index (χ2n) is 6.21. The van der Waals surface area contributed by atoms with Gasteiger partial charge in [-0.25, -0.2) is 4.98 Å². The Bertz CT molecular complexity index is 430. The van der Waals surface area contributed by atoms with Crippen LogP contribution in [0, 0.1) is 18.8 Å². The SMILES string of the molecule is CCC(N)Cc1cnc(N(C)CC2CC2C)c(C)c1. The average Bonchev–Trinajstić information content (AvgIpc) is 3.04. The van der Waals surface area contributed by atoms with Gasteiger partial charge >= 0.3 is 0 Å². The minimum Gasteiger partial charge on any atom is -0.359 e. The van der Waals surface area contributed by atoms with Gasteiger partial charge in [0.05, 0.1) is 0 Å². The quantitative estimate of drug-likeness (QED) is 0.856. The van der Waals surface area contributed by atoms with E-state index in [9.17, 15) is 0 Å². The summed E-state index contributed by atoms with van der Waals surface area (Å²) >= 11 is 0. The first-order valence-electron chi connectivity index (χ1n) is 7.43. The van der Waals surface area contributed by atoms with Crippen molar-refractivity contribution in [3.63, 3.8) is 0 Å². The third-order valence-corrected chi connectivity index (χ3v) is 4.28. The minimum atomic E-state index is 0.247. The monoisotopic (exact) mass is 261 g/mol. The molecule has 3 nitrogen and oxygen atoms in total. The normalized spacial score (nSPS) is 23.2. The van der Waals surface area contributed by atoms with Gasteiger partial charge in [0.1, 0.15) is 5.82 Å². The van der Waals surface area contributed by atoms with Crippen LogP contribution >= 0.6 is 0 Å². The van der Waals surface area contributed by atoms with E-state index in [0.717, 1.165) is 37.0 Å². The largest absolute Gasteiger partial charge is 0.359 e. The molecule has 3 atom stereocenters. The standard InChI is InChI=1S/C16H27N3/c1-5-15(17)8-13-6-12(3)16(18-9-13)19(4)10-14-7-11(14)2/h6,9,11,14-15H,5,7-8,10,17H2,1-4H3. The maximum Gasteiger partial charge on any atom is 0.131 e. The third-order valence-electron chi connectivity index (χ3n) is 4.28. The van der Waals surface area contributed by atoms with E-state index in [4.69, 9.17) is 5.73 Å². The summed E-state index contributed by atoms with van der Waals surface area (Å²) in [6, 6.07) is 2.49. The van der Waals surface area contributed by atoms with Crippen molar-refractivity contribution in [2.45, 2.75) is 46.1 Å². The first-order valence-corrected chi connectivity index (χ1v) is 7.43. The number of hydrogen-bond donors (Lipinski definition) is 1. The highest BCUT2D eigenvalue weighted by molar-refractivity contribution is 5.47. The molecule has 3 unspecified atom stereocenters. The molecule has 0 aromatic carbocycles. The molecule has 1 saturated carbocycles. The maximum absolute atomic E-state index is 6.00. The molecule has 1 fully saturated rings. The third kappa shape index (κ3) is 3.69. The van der Waals surface area contributed by atoms with Gasteiger partial charge in [0.15, 0.2) is 0 Å². The summed E-state index contributed by atoms with van der Waals surface area (Å²) in [7, 11) is 2.15. The zero-order chi connectivity index (χ0) is 14.0. The lowest BCUT2D eigenvalue weighted by molar-refractivity contribution is 0.644. The maximum atomic E-state index is 6.00. The molecule has 0 amide bonds. The lowest BCUT2D eigenvalue weighted by Crippen LogP contribution is -2.24. The van der Waals surface area contributed by atoms with Gasteiger partial charge in [-0.1, -0.05) is 19.9 Å². The van der Waals surface area contributed by atoms with Crippen LogP contribution in [0.4, 0.5) is 5.82 Å². The van der Waals surface area contributed by atoms with Gasteiger partial charge in [-0.05, 0) is 49.1 Å². The average molecular weight is 261 g/mol. The van der Waals surface area contributed by atoms with Crippen LogP contribution < -0.4 is 10.6 Å². The predicted molar refractivity (Wildman–Crippen MR) is 81.5 cm³/mol. The summed E-state index contributed by atoms with van der Waals surface area (Å²) in [4.78, 5) is 6.94. The van der Waals surface area contributed by atoms with Crippen molar-refractivity contribution >= 4 is 5.82 Å². The lowest BCUT2D eigenvalue weighted by atomic mass is 10.0. The highest BCUT2D eigenvalue weighted by atomic mass is 15.2. The molecule has 106 valence electrons. The fourth-order valence-electron chi connectivity index (χ4n) is 2.68. The van der Waals surface area contributed by atoms with Gasteiger partial charge in [0, 0.05) is 25.8 Å². The number of anilines is 1. The Morgan fingerprint density at radius 2 is 2.21 bits per heavy atom. The molecule has 2 N–H and O–H groups in total. The number of pyridine rings is 1. The van der Waals surface area contributed by atoms with Crippen LogP contribution in [0.2, 0.25) is 0 Å². The Kier molecular flexibility index (Phi) is 4.46. The van der Waals surface area contributed by atoms with Crippen LogP contribution in [0.5, 0.6) is 0 Å². The van der Waals surface area contributed by atoms with Gasteiger partial charge in [-0.2, -0.15) is 0 Å². The van der Waals surface area contributed by atoms with Crippen LogP contribution in [0.3, 0.4) is 0 Å². The molecule has 1 heterocycles. The smallest absolute Gasteiger partial charge is 0.131 e. The van der Waals surface area contributed by atoms with E-state index >= 15 is 0 Å². The Labute approximate surface area is 117 Å². The Morgan fingerprint density at radius 3 is 2.74 bits per heavy atom. The molecule has 0 aliphatic heterocycles. The number of aromatic nitrogens is 1. The molecular formula is C16H27N3. The summed E-state index contributed by atoms with van der Waals surface area (Å²) in [5, 5.41) is 0. The van der Waals surface area contributed by atoms with Gasteiger partial charge in [-0.3, -0.25) is 0 Å². The van der Waals surface area contributed by atoms with Crippen LogP contribution in [-0.2, 0) is 6.42 Å². The first-order chi connectivity index (χ1) is 9.01. The summed E-state index contributed by atoms with van der Waals surface area (Å²) < 4.78 is 0. The van der Waals surface area contributed by atoms with Gasteiger partial charge in [0.2, 0.25) is 0 Å². The highest BCUT2D eigenvalue weighted by Crippen LogP contribution is 2.38. The van der Waals surface area contributed by atoms with E-state index in [0.29, 0.717) is 0 Å². The summed E-state index contributed by atoms with van der Waals surface area (Å²) in [6.07, 6.45) is 5.30. The molecule has 2 rings (SSSR count). The Hall–Kier alpha value is -1.09. The molecule has 0 spiro atoms. The topological polar surface area (TPSA) is 42.1 Å². The fourth-order valence-corrected chi connectivity index (χ4v) is 2.68. The zero-order valence-corrected chi connectivity index (χ0v) is 12.7. The predicted octanol–water partition coefficient (Wildman–Crippen LogP) is 2.76. The van der Waals surface area contributed by atoms with Gasteiger partial charge in [-0.15, -0.1) is 0 Å². The van der Waals surface area contributed by atoms with E-state index in [1.807, 2.05) is 6.20 Å². The second-order valence-corrected chi connectivity index (χ2v) is 6.21. The van der Waals surface area contributed by atoms with Crippen LogP contribution in [0.25, 0.3) is 0 Å². The molecule has 0 radical (unpaired) electrons. The van der Waals surface area contributed by atoms with Crippen molar-refractivity contribution < 1.29 is 0 Å². The van der Waals surface area contributed by atoms with Crippen molar-refractivity contribution in [3.05, 3.63) is 23.4 Å². The number of nitrogens with two attached hydrogens (primary N) is 1. The molecule has 1 aliphatic rings. The van der Waals surface area contributed by atoms with E-state index in [1.54, 1.807) is 0 Å². The van der Waals surface area contributed by atoms with Crippen LogP contribution in [-0.4, -0.2) is 24.6 Å². The van der Waals surface area contributed by atoms with E-state index in [1.165, 1.54) is 17.5 Å². The Balaban J connectivity index is 2.01. The molecule has 0 bridgehead atoms. The molecule has 1 aromatic heterocycles. The van der Waals surface area contributed by atoms with Crippen molar-refractivity contribution in [2.75, 3.05) is 18.5 Å². The summed E-state index contributed by atoms with van der Waals surface area (Å²) in [5.41, 5.74) is 8.52. The summed E-state index contributed by atoms with van der Waals surface area (Å²) in [6.45, 7) is 7.73. The summed E-state index contributed by atoms with van der Waals surface area (Å²) in [5.74, 6) is 2.87. The fraction of sp³-hybridized carbons (Fsp3) is 0.688. The molecule has 1 aliphatic carbocycles. The molecule has 3 heteroatoms. The van der Waals surface area contributed by atoms with Gasteiger partial charge < -0.3 is 10.6 Å². The van der Waals surface area contributed by atoms with E-state index < -0.39 is 0 Å². The number of hydrogen-bond acceptors (Lipinski definition) is 3. The van der Waals surface area contributed by atoms with Crippen LogP contribution in [0.1, 0.15) is 37.8 Å². The molecule has 0 saturated heterocycles. The highest BCUT2D eigenvalue weighted by Gasteiger charge is 2.33. The molecular weight excluding hydrogens is 234 g/mol. The van der Waals surface area contributed by atoms with E-state index in [-0.39, 0.29) is 6.04 Å². The second kappa shape index (κ2) is 5.91. The van der Waals surface area contributed by atoms with Crippen LogP contribution in [0.15, 0.2) is 12.3 Å². The van der Waals surface area contributed by atoms with Gasteiger partial charge in [0.25, 0.3) is 0 Å². The van der Waals surface area contributed by atoms with Crippen molar-refractivity contribution in [1.29, 1.82) is 0 Å². The van der Waals surface area contributed by atoms with Crippen molar-refractivity contribution in [3.8, 4) is 0 Å². The van der Waals surface area contributed by atoms with Crippen molar-refractivity contribution in [2.24, 2.45) is 17.6 Å². The Morgan fingerprint density at radius 1 is 1.53 bits per heavy atom. The number of aryl methyl sites for hydroxylation is 1. The zero-order valence-electron chi connectivity index (χ0n) is 12.7.